The fraction of sp³-hybridized carbons (Fsp3) is 0.263. The van der Waals surface area contributed by atoms with E-state index in [4.69, 9.17) is 4.74 Å². The summed E-state index contributed by atoms with van der Waals surface area (Å²) >= 11 is 3.07. The van der Waals surface area contributed by atoms with Crippen LogP contribution in [0.1, 0.15) is 30.3 Å². The summed E-state index contributed by atoms with van der Waals surface area (Å²) < 4.78 is 5.11. The zero-order valence-electron chi connectivity index (χ0n) is 15.3. The number of nitrogens with zero attached hydrogens (tertiary/aromatic N) is 4. The third-order valence-electron chi connectivity index (χ3n) is 4.22. The van der Waals surface area contributed by atoms with Gasteiger partial charge in [-0.2, -0.15) is 0 Å². The number of benzene rings is 1. The number of fused-ring (bicyclic) bond motifs is 1. The monoisotopic (exact) mass is 397 g/mol. The molecule has 0 saturated heterocycles. The lowest BCUT2D eigenvalue weighted by molar-refractivity contribution is 0.184. The van der Waals surface area contributed by atoms with Gasteiger partial charge in [0, 0.05) is 18.1 Å². The SMILES string of the molecule is COCc1nnc(Nc2ncnc3scc(-c4ccc(C(C)C)cc4)c23)s1. The lowest BCUT2D eigenvalue weighted by Gasteiger charge is -2.08. The van der Waals surface area contributed by atoms with Crippen LogP contribution in [0.25, 0.3) is 21.3 Å². The van der Waals surface area contributed by atoms with Gasteiger partial charge in [-0.1, -0.05) is 49.4 Å². The molecule has 8 heteroatoms. The minimum absolute atomic E-state index is 0.449. The molecule has 0 spiro atoms. The fourth-order valence-corrected chi connectivity index (χ4v) is 4.44. The zero-order valence-corrected chi connectivity index (χ0v) is 16.9. The molecule has 0 bridgehead atoms. The van der Waals surface area contributed by atoms with Crippen LogP contribution in [0.3, 0.4) is 0 Å². The molecule has 6 nitrogen and oxygen atoms in total. The average molecular weight is 398 g/mol. The predicted molar refractivity (Wildman–Crippen MR) is 111 cm³/mol. The zero-order chi connectivity index (χ0) is 18.8. The Balaban J connectivity index is 1.72. The highest BCUT2D eigenvalue weighted by atomic mass is 32.1. The summed E-state index contributed by atoms with van der Waals surface area (Å²) in [5, 5.41) is 16.2. The Kier molecular flexibility index (Phi) is 5.11. The Bertz CT molecular complexity index is 1060. The molecule has 27 heavy (non-hydrogen) atoms. The maximum absolute atomic E-state index is 5.11. The largest absolute Gasteiger partial charge is 0.377 e. The van der Waals surface area contributed by atoms with Gasteiger partial charge in [-0.15, -0.1) is 21.5 Å². The summed E-state index contributed by atoms with van der Waals surface area (Å²) in [5.41, 5.74) is 3.60. The number of ether oxygens (including phenoxy) is 1. The van der Waals surface area contributed by atoms with E-state index in [-0.39, 0.29) is 0 Å². The Morgan fingerprint density at radius 1 is 1.11 bits per heavy atom. The van der Waals surface area contributed by atoms with E-state index in [2.05, 4.69) is 69.0 Å². The van der Waals surface area contributed by atoms with Crippen LogP contribution in [0.2, 0.25) is 0 Å². The predicted octanol–water partition coefficient (Wildman–Crippen LogP) is 5.22. The first kappa shape index (κ1) is 18.0. The molecule has 0 amide bonds. The number of methoxy groups -OCH3 is 1. The first-order valence-corrected chi connectivity index (χ1v) is 10.3. The average Bonchev–Trinajstić information content (AvgIpc) is 3.30. The van der Waals surface area contributed by atoms with Gasteiger partial charge in [0.15, 0.2) is 0 Å². The maximum Gasteiger partial charge on any atom is 0.211 e. The lowest BCUT2D eigenvalue weighted by atomic mass is 9.99. The molecule has 0 aliphatic heterocycles. The van der Waals surface area contributed by atoms with Crippen molar-refractivity contribution in [2.24, 2.45) is 0 Å². The van der Waals surface area contributed by atoms with Gasteiger partial charge >= 0.3 is 0 Å². The molecule has 3 heterocycles. The first-order chi connectivity index (χ1) is 13.2. The molecule has 0 aliphatic carbocycles. The van der Waals surface area contributed by atoms with Crippen LogP contribution < -0.4 is 5.32 Å². The van der Waals surface area contributed by atoms with E-state index in [1.165, 1.54) is 16.9 Å². The first-order valence-electron chi connectivity index (χ1n) is 8.56. The summed E-state index contributed by atoms with van der Waals surface area (Å²) in [7, 11) is 1.64. The molecule has 138 valence electrons. The number of nitrogens with one attached hydrogen (secondary N) is 1. The van der Waals surface area contributed by atoms with E-state index < -0.39 is 0 Å². The van der Waals surface area contributed by atoms with Gasteiger partial charge in [-0.05, 0) is 17.0 Å². The van der Waals surface area contributed by atoms with E-state index in [1.54, 1.807) is 24.8 Å². The van der Waals surface area contributed by atoms with E-state index in [0.717, 1.165) is 32.2 Å². The second-order valence-corrected chi connectivity index (χ2v) is 8.31. The second-order valence-electron chi connectivity index (χ2n) is 6.39. The van der Waals surface area contributed by atoms with Crippen LogP contribution in [0.15, 0.2) is 36.0 Å². The number of hydrogen-bond acceptors (Lipinski definition) is 8. The van der Waals surface area contributed by atoms with Crippen molar-refractivity contribution in [3.63, 3.8) is 0 Å². The normalized spacial score (nSPS) is 11.4. The second kappa shape index (κ2) is 7.67. The molecule has 0 radical (unpaired) electrons. The molecular formula is C19H19N5OS2. The summed E-state index contributed by atoms with van der Waals surface area (Å²) in [6.07, 6.45) is 1.57. The van der Waals surface area contributed by atoms with Gasteiger partial charge in [0.25, 0.3) is 0 Å². The summed E-state index contributed by atoms with van der Waals surface area (Å²) in [6, 6.07) is 8.69. The van der Waals surface area contributed by atoms with Crippen molar-refractivity contribution >= 4 is 43.8 Å². The molecule has 1 N–H and O–H groups in total. The minimum Gasteiger partial charge on any atom is -0.377 e. The van der Waals surface area contributed by atoms with Crippen molar-refractivity contribution in [3.8, 4) is 11.1 Å². The molecule has 4 rings (SSSR count). The van der Waals surface area contributed by atoms with E-state index in [1.807, 2.05) is 0 Å². The number of thiophene rings is 1. The van der Waals surface area contributed by atoms with E-state index in [0.29, 0.717) is 17.7 Å². The Morgan fingerprint density at radius 3 is 2.67 bits per heavy atom. The van der Waals surface area contributed by atoms with Crippen molar-refractivity contribution in [2.75, 3.05) is 12.4 Å². The van der Waals surface area contributed by atoms with E-state index in [9.17, 15) is 0 Å². The maximum atomic E-state index is 5.11. The van der Waals surface area contributed by atoms with Gasteiger partial charge in [0.2, 0.25) is 5.13 Å². The molecule has 0 saturated carbocycles. The van der Waals surface area contributed by atoms with Crippen LogP contribution in [0, 0.1) is 0 Å². The molecule has 0 atom stereocenters. The molecule has 0 unspecified atom stereocenters. The van der Waals surface area contributed by atoms with Gasteiger partial charge in [-0.3, -0.25) is 0 Å². The Labute approximate surface area is 165 Å². The molecular weight excluding hydrogens is 378 g/mol. The Hall–Kier alpha value is -2.42. The van der Waals surface area contributed by atoms with Crippen molar-refractivity contribution in [1.29, 1.82) is 0 Å². The standard InChI is InChI=1S/C19H19N5OS2/c1-11(2)12-4-6-13(7-5-12)14-9-26-18-16(14)17(20-10-21-18)22-19-24-23-15(27-19)8-25-3/h4-7,9-11H,8H2,1-3H3,(H,20,21,22,24). The van der Waals surface area contributed by atoms with Crippen LogP contribution in [-0.2, 0) is 11.3 Å². The smallest absolute Gasteiger partial charge is 0.211 e. The fourth-order valence-electron chi connectivity index (χ4n) is 2.82. The molecule has 0 fully saturated rings. The van der Waals surface area contributed by atoms with Crippen molar-refractivity contribution in [3.05, 3.63) is 46.5 Å². The molecule has 1 aromatic carbocycles. The van der Waals surface area contributed by atoms with Gasteiger partial charge in [0.1, 0.15) is 28.6 Å². The van der Waals surface area contributed by atoms with Crippen LogP contribution >= 0.6 is 22.7 Å². The van der Waals surface area contributed by atoms with Crippen molar-refractivity contribution in [1.82, 2.24) is 20.2 Å². The third kappa shape index (κ3) is 3.69. The van der Waals surface area contributed by atoms with Crippen molar-refractivity contribution < 1.29 is 4.74 Å². The molecule has 4 aromatic rings. The topological polar surface area (TPSA) is 72.8 Å². The summed E-state index contributed by atoms with van der Waals surface area (Å²) in [6.45, 7) is 4.85. The lowest BCUT2D eigenvalue weighted by Crippen LogP contribution is -1.95. The van der Waals surface area contributed by atoms with Crippen molar-refractivity contribution in [2.45, 2.75) is 26.4 Å². The molecule has 3 aromatic heterocycles. The summed E-state index contributed by atoms with van der Waals surface area (Å²) in [5.74, 6) is 1.25. The Morgan fingerprint density at radius 2 is 1.93 bits per heavy atom. The summed E-state index contributed by atoms with van der Waals surface area (Å²) in [4.78, 5) is 9.82. The number of anilines is 2. The number of rotatable bonds is 6. The highest BCUT2D eigenvalue weighted by Crippen LogP contribution is 2.38. The van der Waals surface area contributed by atoms with Gasteiger partial charge < -0.3 is 10.1 Å². The van der Waals surface area contributed by atoms with Gasteiger partial charge in [-0.25, -0.2) is 9.97 Å². The number of hydrogen-bond donors (Lipinski definition) is 1. The van der Waals surface area contributed by atoms with Crippen LogP contribution in [0.4, 0.5) is 10.9 Å². The molecule has 0 aliphatic rings. The van der Waals surface area contributed by atoms with Gasteiger partial charge in [0.05, 0.1) is 5.39 Å². The van der Waals surface area contributed by atoms with Crippen LogP contribution in [-0.4, -0.2) is 27.3 Å². The van der Waals surface area contributed by atoms with E-state index >= 15 is 0 Å². The highest BCUT2D eigenvalue weighted by molar-refractivity contribution is 7.17. The third-order valence-corrected chi connectivity index (χ3v) is 5.92. The highest BCUT2D eigenvalue weighted by Gasteiger charge is 2.15. The quantitative estimate of drug-likeness (QED) is 0.481. The minimum atomic E-state index is 0.449. The van der Waals surface area contributed by atoms with Crippen LogP contribution in [0.5, 0.6) is 0 Å². The number of aromatic nitrogens is 4.